The van der Waals surface area contributed by atoms with Crippen molar-refractivity contribution in [3.63, 3.8) is 0 Å². The summed E-state index contributed by atoms with van der Waals surface area (Å²) in [7, 11) is 1.53. The molecule has 1 aliphatic heterocycles. The minimum Gasteiger partial charge on any atom is -0.487 e. The fourth-order valence-electron chi connectivity index (χ4n) is 9.30. The minimum absolute atomic E-state index is 0.0676. The number of aromatic carboxylic acids is 1. The number of carboxylic acids is 1. The smallest absolute Gasteiger partial charge is 0.340 e. The van der Waals surface area contributed by atoms with Crippen LogP contribution in [0.25, 0.3) is 21.3 Å². The molecule has 2 unspecified atom stereocenters. The predicted molar refractivity (Wildman–Crippen MR) is 186 cm³/mol. The van der Waals surface area contributed by atoms with Crippen molar-refractivity contribution >= 4 is 50.1 Å². The Morgan fingerprint density at radius 3 is 2.63 bits per heavy atom. The van der Waals surface area contributed by atoms with Crippen LogP contribution in [0.4, 0.5) is 22.6 Å². The Morgan fingerprint density at radius 1 is 1.06 bits per heavy atom. The van der Waals surface area contributed by atoms with Gasteiger partial charge in [-0.1, -0.05) is 36.3 Å². The van der Waals surface area contributed by atoms with Gasteiger partial charge < -0.3 is 24.8 Å². The number of anilines is 4. The Balaban J connectivity index is 1.02. The second-order valence-corrected chi connectivity index (χ2v) is 15.3. The molecule has 49 heavy (non-hydrogen) atoms. The molecule has 4 aromatic heterocycles. The van der Waals surface area contributed by atoms with E-state index in [9.17, 15) is 9.90 Å². The zero-order valence-corrected chi connectivity index (χ0v) is 28.4. The van der Waals surface area contributed by atoms with Gasteiger partial charge in [0.05, 0.1) is 36.3 Å². The van der Waals surface area contributed by atoms with Crippen LogP contribution in [0.5, 0.6) is 11.6 Å². The average molecular weight is 679 g/mol. The largest absolute Gasteiger partial charge is 0.487 e. The fourth-order valence-corrected chi connectivity index (χ4v) is 10.2. The van der Waals surface area contributed by atoms with Gasteiger partial charge in [0.25, 0.3) is 5.88 Å². The lowest BCUT2D eigenvalue weighted by Gasteiger charge is -2.48. The summed E-state index contributed by atoms with van der Waals surface area (Å²) in [4.78, 5) is 33.5. The number of carboxylic acid groups (broad SMARTS) is 1. The zero-order chi connectivity index (χ0) is 33.3. The molecular formula is C36H38N8O4S. The number of ether oxygens (including phenoxy) is 2. The van der Waals surface area contributed by atoms with Crippen LogP contribution in [0, 0.1) is 30.1 Å². The van der Waals surface area contributed by atoms with Crippen LogP contribution in [0.1, 0.15) is 61.0 Å². The summed E-state index contributed by atoms with van der Waals surface area (Å²) >= 11 is 1.51. The SMILES string of the molecule is COc1nc(N2CCOc3c2ncc(-c2cnn(CC45CC6CCC(CC(C6)C4)C5)c2C)c3C(=O)O)cnc1Nc1nc2ccccc2s1. The molecule has 10 rings (SSSR count). The number of thiazole rings is 1. The molecule has 13 heteroatoms. The van der Waals surface area contributed by atoms with E-state index in [1.165, 1.54) is 63.4 Å². The van der Waals surface area contributed by atoms with E-state index >= 15 is 0 Å². The van der Waals surface area contributed by atoms with E-state index in [0.717, 1.165) is 45.8 Å². The quantitative estimate of drug-likeness (QED) is 0.172. The van der Waals surface area contributed by atoms with E-state index in [2.05, 4.69) is 20.0 Å². The van der Waals surface area contributed by atoms with Crippen molar-refractivity contribution < 1.29 is 19.4 Å². The molecular weight excluding hydrogens is 641 g/mol. The number of para-hydroxylation sites is 1. The standard InChI is InChI=1S/C36H38N8O4S/c1-20-24(17-39-44(20)19-36-13-21-7-8-22(14-36)12-23(11-21)15-36)25-16-38-32-30(29(25)34(45)46)48-10-9-43(32)28-18-37-31(33(41-28)47-2)42-35-40-26-5-3-4-6-27(26)49-35/h3-6,16-18,21-23H,7-15,19H2,1-2H3,(H,45,46)(H,37,40,42). The highest BCUT2D eigenvalue weighted by molar-refractivity contribution is 7.22. The van der Waals surface area contributed by atoms with Crippen LogP contribution in [-0.2, 0) is 6.54 Å². The first-order valence-electron chi connectivity index (χ1n) is 17.1. The van der Waals surface area contributed by atoms with E-state index in [0.29, 0.717) is 34.7 Å². The lowest BCUT2D eigenvalue weighted by Crippen LogP contribution is -2.40. The third-order valence-corrected chi connectivity index (χ3v) is 12.1. The third-order valence-electron chi connectivity index (χ3n) is 11.1. The van der Waals surface area contributed by atoms with Crippen LogP contribution in [-0.4, -0.2) is 61.1 Å². The zero-order valence-electron chi connectivity index (χ0n) is 27.6. The molecule has 252 valence electrons. The second kappa shape index (κ2) is 11.7. The normalized spacial score (nSPS) is 24.0. The Labute approximate surface area is 287 Å². The predicted octanol–water partition coefficient (Wildman–Crippen LogP) is 7.24. The number of aromatic nitrogens is 6. The maximum absolute atomic E-state index is 12.9. The summed E-state index contributed by atoms with van der Waals surface area (Å²) in [5.41, 5.74) is 3.47. The highest BCUT2D eigenvalue weighted by Gasteiger charge is 2.49. The number of benzene rings is 1. The van der Waals surface area contributed by atoms with Crippen LogP contribution in [0.3, 0.4) is 0 Å². The summed E-state index contributed by atoms with van der Waals surface area (Å²) in [5, 5.41) is 19.3. The lowest BCUT2D eigenvalue weighted by atomic mass is 9.58. The summed E-state index contributed by atoms with van der Waals surface area (Å²) in [6, 6.07) is 7.90. The number of nitrogens with one attached hydrogen (secondary N) is 1. The van der Waals surface area contributed by atoms with Gasteiger partial charge in [-0.05, 0) is 74.3 Å². The maximum atomic E-state index is 12.9. The van der Waals surface area contributed by atoms with E-state index in [-0.39, 0.29) is 29.2 Å². The van der Waals surface area contributed by atoms with Crippen molar-refractivity contribution in [3.8, 4) is 22.8 Å². The second-order valence-electron chi connectivity index (χ2n) is 14.3. The van der Waals surface area contributed by atoms with Crippen LogP contribution in [0.15, 0.2) is 42.9 Å². The molecule has 4 aliphatic carbocycles. The van der Waals surface area contributed by atoms with Crippen molar-refractivity contribution in [2.75, 3.05) is 30.5 Å². The Hall–Kier alpha value is -4.78. The molecule has 2 N–H and O–H groups in total. The summed E-state index contributed by atoms with van der Waals surface area (Å²) in [6.07, 6.45) is 14.4. The number of nitrogens with zero attached hydrogens (tertiary/aromatic N) is 7. The molecule has 5 aromatic rings. The molecule has 12 nitrogen and oxygen atoms in total. The van der Waals surface area contributed by atoms with Crippen LogP contribution < -0.4 is 19.7 Å². The summed E-state index contributed by atoms with van der Waals surface area (Å²) in [6.45, 7) is 3.58. The molecule has 4 fully saturated rings. The molecule has 4 bridgehead atoms. The molecule has 0 saturated heterocycles. The third kappa shape index (κ3) is 5.25. The van der Waals surface area contributed by atoms with Crippen molar-refractivity contribution in [1.29, 1.82) is 0 Å². The highest BCUT2D eigenvalue weighted by atomic mass is 32.1. The van der Waals surface area contributed by atoms with Gasteiger partial charge >= 0.3 is 5.97 Å². The van der Waals surface area contributed by atoms with Gasteiger partial charge in [0.1, 0.15) is 12.2 Å². The van der Waals surface area contributed by atoms with Gasteiger partial charge in [-0.15, -0.1) is 0 Å². The maximum Gasteiger partial charge on any atom is 0.340 e. The molecule has 5 aliphatic rings. The number of hydrogen-bond acceptors (Lipinski definition) is 11. The van der Waals surface area contributed by atoms with E-state index < -0.39 is 5.97 Å². The van der Waals surface area contributed by atoms with E-state index in [1.807, 2.05) is 36.1 Å². The first-order chi connectivity index (χ1) is 23.9. The minimum atomic E-state index is -1.08. The van der Waals surface area contributed by atoms with Crippen LogP contribution in [0.2, 0.25) is 0 Å². The Bertz CT molecular complexity index is 2050. The molecule has 4 saturated carbocycles. The van der Waals surface area contributed by atoms with Crippen molar-refractivity contribution in [1.82, 2.24) is 29.7 Å². The van der Waals surface area contributed by atoms with Gasteiger partial charge in [-0.3, -0.25) is 4.68 Å². The molecule has 1 aromatic carbocycles. The number of methoxy groups -OCH3 is 1. The molecule has 0 spiro atoms. The number of hydrogen-bond donors (Lipinski definition) is 2. The Morgan fingerprint density at radius 2 is 1.86 bits per heavy atom. The number of fused-ring (bicyclic) bond motifs is 3. The number of carbonyl (C=O) groups is 1. The first kappa shape index (κ1) is 30.3. The van der Waals surface area contributed by atoms with Gasteiger partial charge in [0.15, 0.2) is 28.3 Å². The van der Waals surface area contributed by atoms with Crippen molar-refractivity contribution in [3.05, 3.63) is 54.1 Å². The average Bonchev–Trinajstić information content (AvgIpc) is 3.60. The van der Waals surface area contributed by atoms with Crippen molar-refractivity contribution in [2.45, 2.75) is 58.4 Å². The summed E-state index contributed by atoms with van der Waals surface area (Å²) in [5.74, 6) is 3.16. The highest BCUT2D eigenvalue weighted by Crippen LogP contribution is 2.58. The van der Waals surface area contributed by atoms with Gasteiger partial charge in [-0.25, -0.2) is 19.7 Å². The topological polar surface area (TPSA) is 140 Å². The van der Waals surface area contributed by atoms with E-state index in [1.54, 1.807) is 18.6 Å². The molecule has 0 amide bonds. The Kier molecular flexibility index (Phi) is 7.22. The molecule has 5 heterocycles. The number of rotatable bonds is 8. The van der Waals surface area contributed by atoms with Gasteiger partial charge in [-0.2, -0.15) is 10.1 Å². The van der Waals surface area contributed by atoms with Gasteiger partial charge in [0, 0.05) is 29.6 Å². The first-order valence-corrected chi connectivity index (χ1v) is 17.9. The molecule has 0 radical (unpaired) electrons. The van der Waals surface area contributed by atoms with Gasteiger partial charge in [0.2, 0.25) is 0 Å². The van der Waals surface area contributed by atoms with E-state index in [4.69, 9.17) is 24.5 Å². The summed E-state index contributed by atoms with van der Waals surface area (Å²) < 4.78 is 14.8. The monoisotopic (exact) mass is 678 g/mol. The fraction of sp³-hybridized carbons (Fsp3) is 0.444. The lowest BCUT2D eigenvalue weighted by molar-refractivity contribution is 0.0169. The van der Waals surface area contributed by atoms with Crippen molar-refractivity contribution in [2.24, 2.45) is 23.2 Å². The van der Waals surface area contributed by atoms with Crippen LogP contribution >= 0.6 is 11.3 Å². The number of pyridine rings is 1. The molecule has 2 atom stereocenters.